The van der Waals surface area contributed by atoms with Gasteiger partial charge in [0.25, 0.3) is 0 Å². The van der Waals surface area contributed by atoms with Crippen molar-refractivity contribution in [2.45, 2.75) is 83.1 Å². The smallest absolute Gasteiger partial charge is 0.189 e. The van der Waals surface area contributed by atoms with Crippen LogP contribution in [0.15, 0.2) is 66.3 Å². The Morgan fingerprint density at radius 3 is 2.25 bits per heavy atom. The van der Waals surface area contributed by atoms with Crippen molar-refractivity contribution in [3.8, 4) is 17.2 Å². The molecule has 3 saturated carbocycles. The van der Waals surface area contributed by atoms with E-state index in [1.165, 1.54) is 0 Å². The molecule has 8 rings (SSSR count). The van der Waals surface area contributed by atoms with Gasteiger partial charge in [0.05, 0.1) is 45.7 Å². The number of allylic oxidation sites excluding steroid dienone is 4. The fourth-order valence-corrected chi connectivity index (χ4v) is 11.6. The molecule has 2 aromatic carbocycles. The van der Waals surface area contributed by atoms with Gasteiger partial charge in [-0.3, -0.25) is 9.69 Å². The third-order valence-electron chi connectivity index (χ3n) is 14.4. The average Bonchev–Trinajstić information content (AvgIpc) is 3.40. The molecule has 9 nitrogen and oxygen atoms in total. The Labute approximate surface area is 301 Å². The van der Waals surface area contributed by atoms with Crippen molar-refractivity contribution >= 4 is 5.78 Å². The molecule has 6 aliphatic rings. The predicted molar refractivity (Wildman–Crippen MR) is 194 cm³/mol. The number of benzene rings is 2. The fraction of sp³-hybridized carbons (Fsp3) is 0.595. The van der Waals surface area contributed by atoms with E-state index in [9.17, 15) is 25.2 Å². The van der Waals surface area contributed by atoms with Crippen LogP contribution in [0.4, 0.5) is 0 Å². The van der Waals surface area contributed by atoms with Crippen LogP contribution in [0.5, 0.6) is 17.2 Å². The highest BCUT2D eigenvalue weighted by atomic mass is 16.5. The number of ketones is 1. The molecule has 0 aromatic heterocycles. The molecule has 0 radical (unpaired) electrons. The number of aliphatic hydroxyl groups is 4. The summed E-state index contributed by atoms with van der Waals surface area (Å²) in [5.41, 5.74) is -0.504. The number of ether oxygens (including phenoxy) is 3. The first-order chi connectivity index (χ1) is 24.3. The summed E-state index contributed by atoms with van der Waals surface area (Å²) in [5.74, 6) is 2.19. The van der Waals surface area contributed by atoms with Gasteiger partial charge in [0.2, 0.25) is 0 Å². The summed E-state index contributed by atoms with van der Waals surface area (Å²) in [5, 5.41) is 44.6. The minimum Gasteiger partial charge on any atom is -0.497 e. The second kappa shape index (κ2) is 13.0. The summed E-state index contributed by atoms with van der Waals surface area (Å²) in [7, 11) is 4.84. The summed E-state index contributed by atoms with van der Waals surface area (Å²) in [6.07, 6.45) is 10.7. The van der Waals surface area contributed by atoms with Crippen molar-refractivity contribution in [3.63, 3.8) is 0 Å². The second-order valence-electron chi connectivity index (χ2n) is 16.6. The molecule has 51 heavy (non-hydrogen) atoms. The van der Waals surface area contributed by atoms with Crippen molar-refractivity contribution < 1.29 is 39.4 Å². The van der Waals surface area contributed by atoms with Gasteiger partial charge in [0.15, 0.2) is 5.78 Å². The van der Waals surface area contributed by atoms with Gasteiger partial charge in [0.1, 0.15) is 17.2 Å². The van der Waals surface area contributed by atoms with Crippen molar-refractivity contribution in [1.82, 2.24) is 4.90 Å². The standard InChI is InChI=1S/C42H55NO8/c1-38-15-12-29(45)21-40(38)18-19-42(33(22-40)37(47)27-6-9-31(49-3)10-7-27)35(38)13-16-39(2)36(42)14-17-41(39,48)26-43(24-30(46)25-44)23-28-8-11-32(50-4)20-34(28)51-5/h6-11,18-20,22,29-30,35-36,44-46,48H,12-17,21,23-26H2,1-5H3/t29?,30-,35+,36+,38+,39-,40-,41+,42+/m0/s1. The Kier molecular flexibility index (Phi) is 9.23. The number of fused-ring (bicyclic) bond motifs is 1. The van der Waals surface area contributed by atoms with Gasteiger partial charge in [-0.25, -0.2) is 0 Å². The summed E-state index contributed by atoms with van der Waals surface area (Å²) in [4.78, 5) is 16.9. The maximum absolute atomic E-state index is 14.8. The Morgan fingerprint density at radius 2 is 1.57 bits per heavy atom. The van der Waals surface area contributed by atoms with E-state index in [1.54, 1.807) is 21.3 Å². The van der Waals surface area contributed by atoms with Gasteiger partial charge < -0.3 is 34.6 Å². The van der Waals surface area contributed by atoms with Crippen LogP contribution >= 0.6 is 0 Å². The lowest BCUT2D eigenvalue weighted by Gasteiger charge is -2.71. The lowest BCUT2D eigenvalue weighted by atomic mass is 9.32. The van der Waals surface area contributed by atoms with Crippen LogP contribution in [0.1, 0.15) is 74.7 Å². The lowest BCUT2D eigenvalue weighted by Crippen LogP contribution is -2.67. The van der Waals surface area contributed by atoms with E-state index in [0.717, 1.165) is 43.2 Å². The van der Waals surface area contributed by atoms with E-state index in [-0.39, 0.29) is 42.7 Å². The van der Waals surface area contributed by atoms with Crippen LogP contribution < -0.4 is 14.2 Å². The molecule has 4 N–H and O–H groups in total. The van der Waals surface area contributed by atoms with Gasteiger partial charge in [-0.15, -0.1) is 0 Å². The highest BCUT2D eigenvalue weighted by molar-refractivity contribution is 6.10. The van der Waals surface area contributed by atoms with E-state index >= 15 is 0 Å². The minimum absolute atomic E-state index is 0.00692. The molecule has 2 bridgehead atoms. The van der Waals surface area contributed by atoms with Crippen molar-refractivity contribution in [2.24, 2.45) is 33.5 Å². The third-order valence-corrected chi connectivity index (χ3v) is 14.4. The number of methoxy groups -OCH3 is 3. The Bertz CT molecular complexity index is 1710. The van der Waals surface area contributed by atoms with E-state index in [0.29, 0.717) is 42.2 Å². The average molecular weight is 702 g/mol. The number of nitrogens with zero attached hydrogens (tertiary/aromatic N) is 1. The zero-order valence-electron chi connectivity index (χ0n) is 30.7. The van der Waals surface area contributed by atoms with Gasteiger partial charge >= 0.3 is 0 Å². The highest BCUT2D eigenvalue weighted by Gasteiger charge is 2.74. The molecule has 0 amide bonds. The van der Waals surface area contributed by atoms with Crippen LogP contribution in [-0.4, -0.2) is 89.9 Å². The summed E-state index contributed by atoms with van der Waals surface area (Å²) in [6.45, 7) is 5.07. The van der Waals surface area contributed by atoms with Crippen molar-refractivity contribution in [2.75, 3.05) is 41.0 Å². The summed E-state index contributed by atoms with van der Waals surface area (Å²) < 4.78 is 16.5. The maximum atomic E-state index is 14.8. The van der Waals surface area contributed by atoms with E-state index < -0.39 is 34.1 Å². The SMILES string of the molecule is COc1ccc(C(=O)C2=C[C@@]34C=C[C@@]25[C@@H]2CC[C@@](O)(CN(Cc6ccc(OC)cc6OC)C[C@H](O)CO)[C@@]2(C)CC[C@@H]5[C@@]3(C)CCC(O)C4)cc1. The van der Waals surface area contributed by atoms with Crippen LogP contribution in [0.2, 0.25) is 0 Å². The van der Waals surface area contributed by atoms with Gasteiger partial charge in [0, 0.05) is 58.6 Å². The molecule has 0 heterocycles. The number of aliphatic hydroxyl groups excluding tert-OH is 3. The second-order valence-corrected chi connectivity index (χ2v) is 16.6. The fourth-order valence-electron chi connectivity index (χ4n) is 11.6. The van der Waals surface area contributed by atoms with Crippen LogP contribution in [0.25, 0.3) is 0 Å². The third kappa shape index (κ3) is 5.40. The molecule has 0 saturated heterocycles. The highest BCUT2D eigenvalue weighted by Crippen LogP contribution is 2.78. The van der Waals surface area contributed by atoms with Crippen molar-refractivity contribution in [3.05, 3.63) is 77.4 Å². The molecule has 9 heteroatoms. The number of Topliss-reactive ketones (excluding diaryl/α,β-unsaturated/α-hetero) is 1. The number of carbonyl (C=O) groups excluding carboxylic acids is 1. The summed E-state index contributed by atoms with van der Waals surface area (Å²) in [6, 6.07) is 13.0. The summed E-state index contributed by atoms with van der Waals surface area (Å²) >= 11 is 0. The van der Waals surface area contributed by atoms with Crippen LogP contribution in [0.3, 0.4) is 0 Å². The zero-order valence-corrected chi connectivity index (χ0v) is 30.7. The molecule has 1 unspecified atom stereocenters. The normalized spacial score (nSPS) is 36.9. The predicted octanol–water partition coefficient (Wildman–Crippen LogP) is 5.34. The molecular formula is C42H55NO8. The Hall–Kier alpha value is -3.21. The molecule has 2 aromatic rings. The Balaban J connectivity index is 1.28. The first-order valence-corrected chi connectivity index (χ1v) is 18.6. The van der Waals surface area contributed by atoms with Gasteiger partial charge in [-0.05, 0) is 92.5 Å². The largest absolute Gasteiger partial charge is 0.497 e. The van der Waals surface area contributed by atoms with Crippen LogP contribution in [0, 0.1) is 33.5 Å². The van der Waals surface area contributed by atoms with Gasteiger partial charge in [-0.1, -0.05) is 38.1 Å². The molecule has 9 atom stereocenters. The van der Waals surface area contributed by atoms with Crippen LogP contribution in [-0.2, 0) is 6.54 Å². The van der Waals surface area contributed by atoms with Gasteiger partial charge in [-0.2, -0.15) is 0 Å². The number of rotatable bonds is 12. The number of carbonyl (C=O) groups is 1. The minimum atomic E-state index is -1.13. The maximum Gasteiger partial charge on any atom is 0.189 e. The van der Waals surface area contributed by atoms with E-state index in [4.69, 9.17) is 14.2 Å². The monoisotopic (exact) mass is 701 g/mol. The first kappa shape index (κ1) is 36.2. The molecule has 2 spiro atoms. The number of hydrogen-bond donors (Lipinski definition) is 4. The molecule has 6 aliphatic carbocycles. The molecule has 0 aliphatic heterocycles. The lowest BCUT2D eigenvalue weighted by molar-refractivity contribution is -0.177. The quantitative estimate of drug-likeness (QED) is 0.171. The van der Waals surface area contributed by atoms with E-state index in [1.807, 2.05) is 47.4 Å². The van der Waals surface area contributed by atoms with E-state index in [2.05, 4.69) is 32.1 Å². The first-order valence-electron chi connectivity index (χ1n) is 18.6. The zero-order chi connectivity index (χ0) is 36.4. The number of hydrogen-bond acceptors (Lipinski definition) is 9. The Morgan fingerprint density at radius 1 is 0.902 bits per heavy atom. The molecule has 3 fully saturated rings. The van der Waals surface area contributed by atoms with Crippen molar-refractivity contribution in [1.29, 1.82) is 0 Å². The molecule has 276 valence electrons. The molecular weight excluding hydrogens is 646 g/mol. The topological polar surface area (TPSA) is 129 Å².